The van der Waals surface area contributed by atoms with Gasteiger partial charge in [-0.25, -0.2) is 0 Å². The van der Waals surface area contributed by atoms with Gasteiger partial charge in [-0.05, 0) is 12.1 Å². The summed E-state index contributed by atoms with van der Waals surface area (Å²) in [6, 6.07) is 7.36. The Bertz CT molecular complexity index is 460. The Morgan fingerprint density at radius 1 is 1.47 bits per heavy atom. The van der Waals surface area contributed by atoms with Gasteiger partial charge in [-0.3, -0.25) is 14.7 Å². The van der Waals surface area contributed by atoms with Crippen LogP contribution in [0.3, 0.4) is 0 Å². The third kappa shape index (κ3) is 2.79. The van der Waals surface area contributed by atoms with Crippen LogP contribution >= 0.6 is 23.2 Å². The van der Waals surface area contributed by atoms with Gasteiger partial charge >= 0.3 is 0 Å². The summed E-state index contributed by atoms with van der Waals surface area (Å²) in [5, 5.41) is 0.641. The number of nitrogens with zero attached hydrogens (tertiary/aromatic N) is 2. The van der Waals surface area contributed by atoms with Gasteiger partial charge in [0.2, 0.25) is 5.91 Å². The fraction of sp³-hybridized carbons (Fsp3) is 0.333. The van der Waals surface area contributed by atoms with Crippen molar-refractivity contribution in [3.63, 3.8) is 0 Å². The predicted octanol–water partition coefficient (Wildman–Crippen LogP) is 2.56. The zero-order chi connectivity index (χ0) is 12.3. The Morgan fingerprint density at radius 2 is 2.29 bits per heavy atom. The number of amidine groups is 1. The van der Waals surface area contributed by atoms with E-state index in [4.69, 9.17) is 23.2 Å². The van der Waals surface area contributed by atoms with Gasteiger partial charge in [-0.2, -0.15) is 0 Å². The maximum atomic E-state index is 11.8. The number of hydrogen-bond acceptors (Lipinski definition) is 2. The van der Waals surface area contributed by atoms with E-state index in [1.165, 1.54) is 0 Å². The summed E-state index contributed by atoms with van der Waals surface area (Å²) in [7, 11) is 0. The van der Waals surface area contributed by atoms with Gasteiger partial charge in [-0.15, -0.1) is 11.6 Å². The van der Waals surface area contributed by atoms with Crippen molar-refractivity contribution in [1.29, 1.82) is 0 Å². The molecular formula is C12H12Cl2N2O. The fourth-order valence-electron chi connectivity index (χ4n) is 1.78. The molecule has 0 spiro atoms. The summed E-state index contributed by atoms with van der Waals surface area (Å²) in [5.74, 6) is 1.04. The summed E-state index contributed by atoms with van der Waals surface area (Å²) < 4.78 is 0. The van der Waals surface area contributed by atoms with E-state index in [2.05, 4.69) is 4.99 Å². The maximum Gasteiger partial charge on any atom is 0.229 e. The number of carbonyl (C=O) groups is 1. The molecule has 0 fully saturated rings. The van der Waals surface area contributed by atoms with Crippen LogP contribution in [0.4, 0.5) is 0 Å². The van der Waals surface area contributed by atoms with Crippen molar-refractivity contribution in [2.45, 2.75) is 6.42 Å². The van der Waals surface area contributed by atoms with Crippen LogP contribution < -0.4 is 0 Å². The van der Waals surface area contributed by atoms with Crippen molar-refractivity contribution in [2.24, 2.45) is 4.99 Å². The van der Waals surface area contributed by atoms with Crippen molar-refractivity contribution in [3.05, 3.63) is 34.9 Å². The van der Waals surface area contributed by atoms with E-state index >= 15 is 0 Å². The summed E-state index contributed by atoms with van der Waals surface area (Å²) in [6.07, 6.45) is 0.334. The van der Waals surface area contributed by atoms with Gasteiger partial charge in [0.05, 0.1) is 6.54 Å². The Labute approximate surface area is 110 Å². The van der Waals surface area contributed by atoms with E-state index in [1.807, 2.05) is 18.2 Å². The van der Waals surface area contributed by atoms with Gasteiger partial charge in [0, 0.05) is 29.4 Å². The topological polar surface area (TPSA) is 32.7 Å². The van der Waals surface area contributed by atoms with Gasteiger partial charge in [0.15, 0.2) is 0 Å². The molecule has 0 saturated carbocycles. The van der Waals surface area contributed by atoms with Crippen molar-refractivity contribution >= 4 is 34.9 Å². The predicted molar refractivity (Wildman–Crippen MR) is 69.9 cm³/mol. The molecule has 0 N–H and O–H groups in total. The molecule has 1 aliphatic heterocycles. The number of amides is 1. The normalized spacial score (nSPS) is 14.9. The van der Waals surface area contributed by atoms with Crippen molar-refractivity contribution in [1.82, 2.24) is 4.90 Å². The van der Waals surface area contributed by atoms with E-state index in [-0.39, 0.29) is 5.91 Å². The minimum atomic E-state index is 0.0104. The molecule has 0 saturated heterocycles. The van der Waals surface area contributed by atoms with Crippen LogP contribution in [-0.2, 0) is 4.79 Å². The Balaban J connectivity index is 2.23. The molecule has 17 heavy (non-hydrogen) atoms. The average Bonchev–Trinajstić information content (AvgIpc) is 2.78. The van der Waals surface area contributed by atoms with E-state index < -0.39 is 0 Å². The lowest BCUT2D eigenvalue weighted by Gasteiger charge is -2.18. The van der Waals surface area contributed by atoms with E-state index in [0.717, 1.165) is 5.56 Å². The number of hydrogen-bond donors (Lipinski definition) is 0. The number of aliphatic imine (C=N–C) groups is 1. The Hall–Kier alpha value is -1.06. The van der Waals surface area contributed by atoms with Gasteiger partial charge < -0.3 is 0 Å². The van der Waals surface area contributed by atoms with Gasteiger partial charge in [-0.1, -0.05) is 23.7 Å². The largest absolute Gasteiger partial charge is 0.295 e. The SMILES string of the molecule is O=C(CCCl)N1CCN=C1c1cccc(Cl)c1. The molecule has 0 atom stereocenters. The highest BCUT2D eigenvalue weighted by Gasteiger charge is 2.24. The second-order valence-electron chi connectivity index (χ2n) is 3.70. The molecular weight excluding hydrogens is 259 g/mol. The lowest BCUT2D eigenvalue weighted by Crippen LogP contribution is -2.34. The second kappa shape index (κ2) is 5.52. The molecule has 1 heterocycles. The summed E-state index contributed by atoms with van der Waals surface area (Å²) >= 11 is 11.5. The minimum absolute atomic E-state index is 0.0104. The molecule has 0 aliphatic carbocycles. The van der Waals surface area contributed by atoms with Crippen LogP contribution in [0.15, 0.2) is 29.3 Å². The molecule has 0 unspecified atom stereocenters. The van der Waals surface area contributed by atoms with Crippen LogP contribution in [0, 0.1) is 0 Å². The minimum Gasteiger partial charge on any atom is -0.295 e. The first-order valence-electron chi connectivity index (χ1n) is 5.39. The molecule has 3 nitrogen and oxygen atoms in total. The number of carbonyl (C=O) groups excluding carboxylic acids is 1. The van der Waals surface area contributed by atoms with Crippen LogP contribution in [0.2, 0.25) is 5.02 Å². The zero-order valence-electron chi connectivity index (χ0n) is 9.20. The zero-order valence-corrected chi connectivity index (χ0v) is 10.7. The first-order valence-corrected chi connectivity index (χ1v) is 6.30. The van der Waals surface area contributed by atoms with Crippen LogP contribution in [0.5, 0.6) is 0 Å². The molecule has 90 valence electrons. The van der Waals surface area contributed by atoms with E-state index in [9.17, 15) is 4.79 Å². The number of alkyl halides is 1. The highest BCUT2D eigenvalue weighted by atomic mass is 35.5. The van der Waals surface area contributed by atoms with Gasteiger partial charge in [0.1, 0.15) is 5.84 Å². The van der Waals surface area contributed by atoms with E-state index in [0.29, 0.717) is 36.2 Å². The Kier molecular flexibility index (Phi) is 4.02. The highest BCUT2D eigenvalue weighted by molar-refractivity contribution is 6.31. The van der Waals surface area contributed by atoms with E-state index in [1.54, 1.807) is 11.0 Å². The first-order chi connectivity index (χ1) is 8.22. The van der Waals surface area contributed by atoms with Crippen molar-refractivity contribution in [3.8, 4) is 0 Å². The number of halogens is 2. The monoisotopic (exact) mass is 270 g/mol. The molecule has 2 rings (SSSR count). The molecule has 5 heteroatoms. The van der Waals surface area contributed by atoms with Crippen LogP contribution in [-0.4, -0.2) is 35.6 Å². The lowest BCUT2D eigenvalue weighted by molar-refractivity contribution is -0.126. The van der Waals surface area contributed by atoms with Crippen LogP contribution in [0.25, 0.3) is 0 Å². The van der Waals surface area contributed by atoms with Crippen LogP contribution in [0.1, 0.15) is 12.0 Å². The third-order valence-corrected chi connectivity index (χ3v) is 2.96. The molecule has 1 aliphatic rings. The quantitative estimate of drug-likeness (QED) is 0.777. The molecule has 1 aromatic carbocycles. The third-order valence-electron chi connectivity index (χ3n) is 2.53. The highest BCUT2D eigenvalue weighted by Crippen LogP contribution is 2.16. The molecule has 1 amide bonds. The second-order valence-corrected chi connectivity index (χ2v) is 4.51. The maximum absolute atomic E-state index is 11.8. The molecule has 0 aromatic heterocycles. The molecule has 0 radical (unpaired) electrons. The molecule has 0 bridgehead atoms. The average molecular weight is 271 g/mol. The molecule has 1 aromatic rings. The van der Waals surface area contributed by atoms with Gasteiger partial charge in [0.25, 0.3) is 0 Å². The standard InChI is InChI=1S/C12H12Cl2N2O/c13-5-4-11(17)16-7-6-15-12(16)9-2-1-3-10(14)8-9/h1-3,8H,4-7H2. The summed E-state index contributed by atoms with van der Waals surface area (Å²) in [5.41, 5.74) is 0.873. The smallest absolute Gasteiger partial charge is 0.229 e. The Morgan fingerprint density at radius 3 is 3.00 bits per heavy atom. The fourth-order valence-corrected chi connectivity index (χ4v) is 2.13. The lowest BCUT2D eigenvalue weighted by atomic mass is 10.2. The number of rotatable bonds is 3. The summed E-state index contributed by atoms with van der Waals surface area (Å²) in [4.78, 5) is 17.9. The van der Waals surface area contributed by atoms with Crippen molar-refractivity contribution in [2.75, 3.05) is 19.0 Å². The summed E-state index contributed by atoms with van der Waals surface area (Å²) in [6.45, 7) is 1.26. The number of benzene rings is 1. The van der Waals surface area contributed by atoms with Crippen molar-refractivity contribution < 1.29 is 4.79 Å². The first kappa shape index (κ1) is 12.4.